The van der Waals surface area contributed by atoms with E-state index in [1.807, 2.05) is 25.4 Å². The van der Waals surface area contributed by atoms with Gasteiger partial charge in [0.1, 0.15) is 0 Å². The third-order valence-corrected chi connectivity index (χ3v) is 3.80. The van der Waals surface area contributed by atoms with E-state index in [0.717, 1.165) is 10.9 Å². The van der Waals surface area contributed by atoms with Crippen molar-refractivity contribution in [2.24, 2.45) is 7.05 Å². The molecule has 3 nitrogen and oxygen atoms in total. The van der Waals surface area contributed by atoms with Gasteiger partial charge in [0.05, 0.1) is 6.10 Å². The monoisotopic (exact) mass is 244 g/mol. The van der Waals surface area contributed by atoms with Gasteiger partial charge in [0, 0.05) is 41.8 Å². The summed E-state index contributed by atoms with van der Waals surface area (Å²) in [6.07, 6.45) is 4.08. The minimum absolute atomic E-state index is 0.100. The highest BCUT2D eigenvalue weighted by Gasteiger charge is 2.27. The number of aliphatic hydroxyl groups is 1. The average Bonchev–Trinajstić information content (AvgIpc) is 3.12. The Labute approximate surface area is 107 Å². The van der Waals surface area contributed by atoms with Crippen molar-refractivity contribution in [1.29, 1.82) is 0 Å². The molecule has 1 aliphatic rings. The molecule has 96 valence electrons. The summed E-state index contributed by atoms with van der Waals surface area (Å²) in [6, 6.07) is 8.94. The van der Waals surface area contributed by atoms with Crippen LogP contribution in [0.4, 0.5) is 0 Å². The normalized spacial score (nSPS) is 19.1. The molecule has 0 spiro atoms. The number of nitrogens with one attached hydrogen (secondary N) is 1. The van der Waals surface area contributed by atoms with Crippen molar-refractivity contribution in [3.05, 3.63) is 36.0 Å². The maximum absolute atomic E-state index is 10.5. The van der Waals surface area contributed by atoms with E-state index in [9.17, 15) is 5.11 Å². The van der Waals surface area contributed by atoms with Crippen LogP contribution >= 0.6 is 0 Å². The summed E-state index contributed by atoms with van der Waals surface area (Å²) in [5.41, 5.74) is 2.19. The molecule has 2 aromatic rings. The van der Waals surface area contributed by atoms with Gasteiger partial charge in [0.15, 0.2) is 0 Å². The summed E-state index contributed by atoms with van der Waals surface area (Å²) in [7, 11) is 2.03. The van der Waals surface area contributed by atoms with Gasteiger partial charge in [-0.1, -0.05) is 18.2 Å². The predicted octanol–water partition coefficient (Wildman–Crippen LogP) is 2.35. The van der Waals surface area contributed by atoms with E-state index in [0.29, 0.717) is 6.04 Å². The topological polar surface area (TPSA) is 37.2 Å². The molecule has 0 aliphatic heterocycles. The van der Waals surface area contributed by atoms with Gasteiger partial charge >= 0.3 is 0 Å². The first-order valence-corrected chi connectivity index (χ1v) is 6.65. The van der Waals surface area contributed by atoms with E-state index in [1.165, 1.54) is 18.4 Å². The fourth-order valence-electron chi connectivity index (χ4n) is 2.59. The lowest BCUT2D eigenvalue weighted by molar-refractivity contribution is 0.136. The van der Waals surface area contributed by atoms with E-state index in [1.54, 1.807) is 0 Å². The molecule has 0 amide bonds. The number of nitrogens with zero attached hydrogens (tertiary/aromatic N) is 1. The molecule has 1 aromatic carbocycles. The SMILES string of the molecule is CC(NC1CC1)C(O)c1cn(C)c2ccccc12. The largest absolute Gasteiger partial charge is 0.387 e. The molecule has 2 atom stereocenters. The van der Waals surface area contributed by atoms with Gasteiger partial charge in [-0.05, 0) is 25.8 Å². The van der Waals surface area contributed by atoms with Crippen LogP contribution in [0.1, 0.15) is 31.4 Å². The zero-order valence-corrected chi connectivity index (χ0v) is 10.9. The standard InChI is InChI=1S/C15H20N2O/c1-10(16-11-7-8-11)15(18)13-9-17(2)14-6-4-3-5-12(13)14/h3-6,9-11,15-16,18H,7-8H2,1-2H3. The van der Waals surface area contributed by atoms with E-state index >= 15 is 0 Å². The summed E-state index contributed by atoms with van der Waals surface area (Å²) in [6.45, 7) is 2.06. The fraction of sp³-hybridized carbons (Fsp3) is 0.467. The van der Waals surface area contributed by atoms with Crippen molar-refractivity contribution in [1.82, 2.24) is 9.88 Å². The first-order chi connectivity index (χ1) is 8.66. The highest BCUT2D eigenvalue weighted by Crippen LogP contribution is 2.29. The zero-order valence-electron chi connectivity index (χ0n) is 10.9. The Morgan fingerprint density at radius 1 is 1.33 bits per heavy atom. The third kappa shape index (κ3) is 2.04. The van der Waals surface area contributed by atoms with Gasteiger partial charge in [0.2, 0.25) is 0 Å². The van der Waals surface area contributed by atoms with Gasteiger partial charge in [0.25, 0.3) is 0 Å². The van der Waals surface area contributed by atoms with Gasteiger partial charge < -0.3 is 15.0 Å². The highest BCUT2D eigenvalue weighted by atomic mass is 16.3. The van der Waals surface area contributed by atoms with Gasteiger partial charge in [-0.3, -0.25) is 0 Å². The first-order valence-electron chi connectivity index (χ1n) is 6.65. The third-order valence-electron chi connectivity index (χ3n) is 3.80. The van der Waals surface area contributed by atoms with Crippen LogP contribution in [0, 0.1) is 0 Å². The maximum Gasteiger partial charge on any atom is 0.0960 e. The average molecular weight is 244 g/mol. The lowest BCUT2D eigenvalue weighted by Crippen LogP contribution is -2.33. The predicted molar refractivity (Wildman–Crippen MR) is 73.5 cm³/mol. The summed E-state index contributed by atoms with van der Waals surface area (Å²) >= 11 is 0. The van der Waals surface area contributed by atoms with Gasteiger partial charge in [-0.25, -0.2) is 0 Å². The lowest BCUT2D eigenvalue weighted by atomic mass is 10.0. The summed E-state index contributed by atoms with van der Waals surface area (Å²) in [5.74, 6) is 0. The van der Waals surface area contributed by atoms with Gasteiger partial charge in [-0.2, -0.15) is 0 Å². The molecule has 1 aromatic heterocycles. The fourth-order valence-corrected chi connectivity index (χ4v) is 2.59. The Bertz CT molecular complexity index is 557. The molecular formula is C15H20N2O. The first kappa shape index (κ1) is 11.8. The molecule has 2 unspecified atom stereocenters. The quantitative estimate of drug-likeness (QED) is 0.866. The van der Waals surface area contributed by atoms with Crippen LogP contribution in [0.5, 0.6) is 0 Å². The summed E-state index contributed by atoms with van der Waals surface area (Å²) in [5, 5.41) is 15.1. The van der Waals surface area contributed by atoms with Crippen LogP contribution in [0.2, 0.25) is 0 Å². The summed E-state index contributed by atoms with van der Waals surface area (Å²) < 4.78 is 2.08. The molecule has 0 radical (unpaired) electrons. The molecule has 1 saturated carbocycles. The molecule has 1 aliphatic carbocycles. The van der Waals surface area contributed by atoms with Crippen LogP contribution in [-0.2, 0) is 7.05 Å². The Hall–Kier alpha value is -1.32. The van der Waals surface area contributed by atoms with E-state index in [4.69, 9.17) is 0 Å². The van der Waals surface area contributed by atoms with Crippen molar-refractivity contribution < 1.29 is 5.11 Å². The number of hydrogen-bond donors (Lipinski definition) is 2. The Kier molecular flexibility index (Phi) is 2.88. The smallest absolute Gasteiger partial charge is 0.0960 e. The molecule has 0 bridgehead atoms. The van der Waals surface area contributed by atoms with E-state index in [2.05, 4.69) is 28.9 Å². The Balaban J connectivity index is 1.92. The second-order valence-electron chi connectivity index (χ2n) is 5.39. The molecule has 1 fully saturated rings. The number of aryl methyl sites for hydroxylation is 1. The molecule has 3 heteroatoms. The highest BCUT2D eigenvalue weighted by molar-refractivity contribution is 5.84. The van der Waals surface area contributed by atoms with Crippen molar-refractivity contribution in [3.63, 3.8) is 0 Å². The number of rotatable bonds is 4. The van der Waals surface area contributed by atoms with Crippen LogP contribution in [0.3, 0.4) is 0 Å². The van der Waals surface area contributed by atoms with Gasteiger partial charge in [-0.15, -0.1) is 0 Å². The van der Waals surface area contributed by atoms with Crippen molar-refractivity contribution in [2.45, 2.75) is 38.0 Å². The molecular weight excluding hydrogens is 224 g/mol. The number of benzene rings is 1. The molecule has 3 rings (SSSR count). The Morgan fingerprint density at radius 2 is 2.06 bits per heavy atom. The molecule has 18 heavy (non-hydrogen) atoms. The minimum atomic E-state index is -0.448. The van der Waals surface area contributed by atoms with E-state index in [-0.39, 0.29) is 6.04 Å². The molecule has 2 N–H and O–H groups in total. The number of aliphatic hydroxyl groups excluding tert-OH is 1. The van der Waals surface area contributed by atoms with Crippen LogP contribution in [0.25, 0.3) is 10.9 Å². The second kappa shape index (κ2) is 4.41. The van der Waals surface area contributed by atoms with Crippen molar-refractivity contribution in [2.75, 3.05) is 0 Å². The lowest BCUT2D eigenvalue weighted by Gasteiger charge is -2.19. The molecule has 1 heterocycles. The van der Waals surface area contributed by atoms with E-state index < -0.39 is 6.10 Å². The van der Waals surface area contributed by atoms with Crippen LogP contribution < -0.4 is 5.32 Å². The Morgan fingerprint density at radius 3 is 2.78 bits per heavy atom. The number of hydrogen-bond acceptors (Lipinski definition) is 2. The molecule has 0 saturated heterocycles. The number of aromatic nitrogens is 1. The van der Waals surface area contributed by atoms with Crippen molar-refractivity contribution in [3.8, 4) is 0 Å². The summed E-state index contributed by atoms with van der Waals surface area (Å²) in [4.78, 5) is 0. The van der Waals surface area contributed by atoms with Crippen LogP contribution in [0.15, 0.2) is 30.5 Å². The maximum atomic E-state index is 10.5. The number of para-hydroxylation sites is 1. The van der Waals surface area contributed by atoms with Crippen molar-refractivity contribution >= 4 is 10.9 Å². The van der Waals surface area contributed by atoms with Crippen LogP contribution in [-0.4, -0.2) is 21.8 Å². The second-order valence-corrected chi connectivity index (χ2v) is 5.39. The number of fused-ring (bicyclic) bond motifs is 1. The minimum Gasteiger partial charge on any atom is -0.387 e. The zero-order chi connectivity index (χ0) is 12.7.